The monoisotopic (exact) mass is 364 g/mol. The molecule has 138 valence electrons. The molecule has 0 saturated carbocycles. The van der Waals surface area contributed by atoms with Gasteiger partial charge in [0.25, 0.3) is 11.8 Å². The summed E-state index contributed by atoms with van der Waals surface area (Å²) in [5.41, 5.74) is 3.46. The second-order valence-electron chi connectivity index (χ2n) is 6.70. The van der Waals surface area contributed by atoms with E-state index in [9.17, 15) is 4.79 Å². The van der Waals surface area contributed by atoms with Crippen molar-refractivity contribution in [1.82, 2.24) is 25.1 Å². The first-order valence-corrected chi connectivity index (χ1v) is 8.77. The van der Waals surface area contributed by atoms with Crippen molar-refractivity contribution in [2.24, 2.45) is 0 Å². The van der Waals surface area contributed by atoms with Gasteiger partial charge in [-0.15, -0.1) is 5.10 Å². The SMILES string of the molecule is Cc1ncc(-c2ccc(C(=O)N(C)C)cc2)nc1-c1nnc(N2CCC2)o1. The summed E-state index contributed by atoms with van der Waals surface area (Å²) in [6.07, 6.45) is 2.84. The van der Waals surface area contributed by atoms with Crippen LogP contribution < -0.4 is 4.90 Å². The summed E-state index contributed by atoms with van der Waals surface area (Å²) < 4.78 is 5.77. The van der Waals surface area contributed by atoms with Gasteiger partial charge in [-0.05, 0) is 25.5 Å². The van der Waals surface area contributed by atoms with Crippen molar-refractivity contribution in [1.29, 1.82) is 0 Å². The lowest BCUT2D eigenvalue weighted by Crippen LogP contribution is -2.37. The molecule has 0 spiro atoms. The van der Waals surface area contributed by atoms with Crippen molar-refractivity contribution in [2.75, 3.05) is 32.1 Å². The Bertz CT molecular complexity index is 976. The fraction of sp³-hybridized carbons (Fsp3) is 0.316. The molecular weight excluding hydrogens is 344 g/mol. The summed E-state index contributed by atoms with van der Waals surface area (Å²) in [5.74, 6) is 0.324. The number of aromatic nitrogens is 4. The zero-order valence-corrected chi connectivity index (χ0v) is 15.5. The van der Waals surface area contributed by atoms with Gasteiger partial charge in [-0.1, -0.05) is 17.2 Å². The first-order valence-electron chi connectivity index (χ1n) is 8.77. The van der Waals surface area contributed by atoms with Gasteiger partial charge in [0.1, 0.15) is 5.69 Å². The van der Waals surface area contributed by atoms with E-state index in [2.05, 4.69) is 20.2 Å². The minimum Gasteiger partial charge on any atom is -0.401 e. The van der Waals surface area contributed by atoms with Crippen LogP contribution in [-0.4, -0.2) is 58.2 Å². The maximum absolute atomic E-state index is 12.0. The number of nitrogens with zero attached hydrogens (tertiary/aromatic N) is 6. The number of rotatable bonds is 4. The lowest BCUT2D eigenvalue weighted by atomic mass is 10.1. The van der Waals surface area contributed by atoms with Gasteiger partial charge in [-0.3, -0.25) is 9.78 Å². The second kappa shape index (κ2) is 6.79. The minimum absolute atomic E-state index is 0.0402. The van der Waals surface area contributed by atoms with Crippen LogP contribution in [0.15, 0.2) is 34.9 Å². The van der Waals surface area contributed by atoms with Gasteiger partial charge in [-0.2, -0.15) is 0 Å². The molecule has 1 aliphatic heterocycles. The predicted molar refractivity (Wildman–Crippen MR) is 100 cm³/mol. The van der Waals surface area contributed by atoms with Crippen LogP contribution in [0.4, 0.5) is 6.01 Å². The smallest absolute Gasteiger partial charge is 0.318 e. The van der Waals surface area contributed by atoms with E-state index < -0.39 is 0 Å². The number of hydrogen-bond donors (Lipinski definition) is 0. The van der Waals surface area contributed by atoms with Crippen LogP contribution in [0.25, 0.3) is 22.8 Å². The van der Waals surface area contributed by atoms with Gasteiger partial charge in [0.05, 0.1) is 17.6 Å². The summed E-state index contributed by atoms with van der Waals surface area (Å²) in [6, 6.07) is 7.81. The molecule has 0 aliphatic carbocycles. The van der Waals surface area contributed by atoms with Crippen molar-refractivity contribution in [3.63, 3.8) is 0 Å². The molecule has 2 aromatic heterocycles. The van der Waals surface area contributed by atoms with Crippen molar-refractivity contribution >= 4 is 11.9 Å². The van der Waals surface area contributed by atoms with Crippen LogP contribution in [0, 0.1) is 6.92 Å². The van der Waals surface area contributed by atoms with Crippen LogP contribution >= 0.6 is 0 Å². The Kier molecular flexibility index (Phi) is 4.31. The van der Waals surface area contributed by atoms with E-state index in [0.717, 1.165) is 30.8 Å². The van der Waals surface area contributed by atoms with Crippen molar-refractivity contribution in [3.05, 3.63) is 41.7 Å². The van der Waals surface area contributed by atoms with E-state index in [1.54, 1.807) is 37.3 Å². The van der Waals surface area contributed by atoms with E-state index in [0.29, 0.717) is 28.9 Å². The van der Waals surface area contributed by atoms with E-state index in [4.69, 9.17) is 4.42 Å². The molecule has 8 heteroatoms. The standard InChI is InChI=1S/C19H20N6O2/c1-12-16(17-22-23-19(27-17)25-9-4-10-25)21-15(11-20-12)13-5-7-14(8-6-13)18(26)24(2)3/h5-8,11H,4,9-10H2,1-3H3. The first-order chi connectivity index (χ1) is 13.0. The largest absolute Gasteiger partial charge is 0.401 e. The number of amides is 1. The zero-order chi connectivity index (χ0) is 19.0. The molecular formula is C19H20N6O2. The van der Waals surface area contributed by atoms with Gasteiger partial charge in [0.2, 0.25) is 0 Å². The highest BCUT2D eigenvalue weighted by atomic mass is 16.4. The normalized spacial score (nSPS) is 13.4. The van der Waals surface area contributed by atoms with Crippen molar-refractivity contribution < 1.29 is 9.21 Å². The lowest BCUT2D eigenvalue weighted by molar-refractivity contribution is 0.0827. The molecule has 3 aromatic rings. The molecule has 3 heterocycles. The Hall–Kier alpha value is -3.29. The third-order valence-corrected chi connectivity index (χ3v) is 4.53. The van der Waals surface area contributed by atoms with Gasteiger partial charge in [-0.25, -0.2) is 4.98 Å². The molecule has 1 amide bonds. The maximum Gasteiger partial charge on any atom is 0.318 e. The van der Waals surface area contributed by atoms with Crippen LogP contribution in [0.3, 0.4) is 0 Å². The molecule has 1 aliphatic rings. The number of benzene rings is 1. The van der Waals surface area contributed by atoms with E-state index in [1.165, 1.54) is 0 Å². The third-order valence-electron chi connectivity index (χ3n) is 4.53. The Morgan fingerprint density at radius 3 is 2.52 bits per heavy atom. The number of carbonyl (C=O) groups is 1. The average molecular weight is 364 g/mol. The molecule has 1 saturated heterocycles. The number of hydrogen-bond acceptors (Lipinski definition) is 7. The van der Waals surface area contributed by atoms with Crippen molar-refractivity contribution in [2.45, 2.75) is 13.3 Å². The summed E-state index contributed by atoms with van der Waals surface area (Å²) >= 11 is 0. The fourth-order valence-electron chi connectivity index (χ4n) is 2.78. The number of anilines is 1. The summed E-state index contributed by atoms with van der Waals surface area (Å²) in [7, 11) is 3.46. The lowest BCUT2D eigenvalue weighted by Gasteiger charge is -2.28. The topological polar surface area (TPSA) is 88.2 Å². The summed E-state index contributed by atoms with van der Waals surface area (Å²) in [4.78, 5) is 24.7. The molecule has 0 bridgehead atoms. The molecule has 4 rings (SSSR count). The maximum atomic E-state index is 12.0. The van der Waals surface area contributed by atoms with Crippen LogP contribution in [0.1, 0.15) is 22.5 Å². The fourth-order valence-corrected chi connectivity index (χ4v) is 2.78. The van der Waals surface area contributed by atoms with Gasteiger partial charge < -0.3 is 14.2 Å². The molecule has 0 atom stereocenters. The Labute approximate surface area is 156 Å². The summed E-state index contributed by atoms with van der Waals surface area (Å²) in [6.45, 7) is 3.73. The molecule has 0 radical (unpaired) electrons. The molecule has 0 N–H and O–H groups in total. The van der Waals surface area contributed by atoms with Gasteiger partial charge in [0.15, 0.2) is 0 Å². The molecule has 8 nitrogen and oxygen atoms in total. The Balaban J connectivity index is 1.64. The Morgan fingerprint density at radius 1 is 1.15 bits per heavy atom. The first kappa shape index (κ1) is 17.1. The summed E-state index contributed by atoms with van der Waals surface area (Å²) in [5, 5.41) is 8.24. The molecule has 0 unspecified atom stereocenters. The van der Waals surface area contributed by atoms with Crippen LogP contribution in [0.2, 0.25) is 0 Å². The number of aryl methyl sites for hydroxylation is 1. The highest BCUT2D eigenvalue weighted by molar-refractivity contribution is 5.94. The van der Waals surface area contributed by atoms with Crippen LogP contribution in [0.5, 0.6) is 0 Å². The van der Waals surface area contributed by atoms with E-state index >= 15 is 0 Å². The van der Waals surface area contributed by atoms with E-state index in [1.807, 2.05) is 24.0 Å². The number of carbonyl (C=O) groups excluding carboxylic acids is 1. The van der Waals surface area contributed by atoms with Gasteiger partial charge in [0, 0.05) is 38.3 Å². The average Bonchev–Trinajstić information content (AvgIpc) is 3.09. The second-order valence-corrected chi connectivity index (χ2v) is 6.70. The quantitative estimate of drug-likeness (QED) is 0.702. The highest BCUT2D eigenvalue weighted by Gasteiger charge is 2.22. The Morgan fingerprint density at radius 2 is 1.89 bits per heavy atom. The van der Waals surface area contributed by atoms with Gasteiger partial charge >= 0.3 is 6.01 Å². The predicted octanol–water partition coefficient (Wildman–Crippen LogP) is 2.41. The molecule has 1 aromatic carbocycles. The highest BCUT2D eigenvalue weighted by Crippen LogP contribution is 2.27. The van der Waals surface area contributed by atoms with E-state index in [-0.39, 0.29) is 5.91 Å². The minimum atomic E-state index is -0.0402. The van der Waals surface area contributed by atoms with Crippen LogP contribution in [-0.2, 0) is 0 Å². The third kappa shape index (κ3) is 3.25. The molecule has 27 heavy (non-hydrogen) atoms. The zero-order valence-electron chi connectivity index (χ0n) is 15.5. The molecule has 1 fully saturated rings. The van der Waals surface area contributed by atoms with Crippen molar-refractivity contribution in [3.8, 4) is 22.8 Å².